The van der Waals surface area contributed by atoms with Crippen molar-refractivity contribution in [1.82, 2.24) is 10.5 Å². The van der Waals surface area contributed by atoms with Gasteiger partial charge in [-0.25, -0.2) is 0 Å². The van der Waals surface area contributed by atoms with Gasteiger partial charge in [-0.2, -0.15) is 0 Å². The molecule has 6 nitrogen and oxygen atoms in total. The number of aliphatic hydroxyl groups is 2. The maximum atomic E-state index is 8.15. The Bertz CT molecular complexity index is 101. The molecule has 0 rings (SSSR count). The van der Waals surface area contributed by atoms with Gasteiger partial charge in [-0.15, -0.1) is 0 Å². The first-order chi connectivity index (χ1) is 7.76. The predicted octanol–water partition coefficient (Wildman–Crippen LogP) is -0.228. The van der Waals surface area contributed by atoms with Crippen LogP contribution in [0.1, 0.15) is 20.8 Å². The largest absolute Gasteiger partial charge is 0.394 e. The minimum Gasteiger partial charge on any atom is -0.394 e. The maximum absolute atomic E-state index is 8.15. The van der Waals surface area contributed by atoms with Gasteiger partial charge in [-0.1, -0.05) is 26.4 Å². The lowest BCUT2D eigenvalue weighted by Gasteiger charge is -2.13. The van der Waals surface area contributed by atoms with Crippen molar-refractivity contribution in [3.8, 4) is 0 Å². The Kier molecular flexibility index (Phi) is 19.5. The monoisotopic (exact) mass is 238 g/mol. The fourth-order valence-electron chi connectivity index (χ4n) is 0.887. The van der Waals surface area contributed by atoms with Gasteiger partial charge in [0.1, 0.15) is 0 Å². The molecule has 0 saturated carbocycles. The highest BCUT2D eigenvalue weighted by Crippen LogP contribution is 1.81. The minimum absolute atomic E-state index is 0.0600. The highest BCUT2D eigenvalue weighted by atomic mass is 16.9. The summed E-state index contributed by atoms with van der Waals surface area (Å²) in [5.41, 5.74) is 2.07. The lowest BCUT2D eigenvalue weighted by molar-refractivity contribution is -0.178. The first kappa shape index (κ1) is 18.1. The van der Waals surface area contributed by atoms with Crippen LogP contribution in [0.25, 0.3) is 0 Å². The van der Waals surface area contributed by atoms with Gasteiger partial charge >= 0.3 is 0 Å². The van der Waals surface area contributed by atoms with E-state index < -0.39 is 0 Å². The van der Waals surface area contributed by atoms with Crippen LogP contribution in [0.3, 0.4) is 0 Å². The van der Waals surface area contributed by atoms with E-state index in [4.69, 9.17) is 10.2 Å². The second-order valence-electron chi connectivity index (χ2n) is 2.85. The van der Waals surface area contributed by atoms with E-state index in [9.17, 15) is 0 Å². The SMILES string of the molecule is CCN(CC)CC.OCCONOCCO. The Morgan fingerprint density at radius 1 is 0.875 bits per heavy atom. The topological polar surface area (TPSA) is 74.2 Å². The van der Waals surface area contributed by atoms with Crippen molar-refractivity contribution >= 4 is 0 Å². The molecule has 16 heavy (non-hydrogen) atoms. The number of aliphatic hydroxyl groups excluding tert-OH is 2. The van der Waals surface area contributed by atoms with Crippen molar-refractivity contribution in [1.29, 1.82) is 0 Å². The quantitative estimate of drug-likeness (QED) is 0.381. The van der Waals surface area contributed by atoms with Crippen LogP contribution in [-0.2, 0) is 9.68 Å². The molecule has 0 bridgehead atoms. The van der Waals surface area contributed by atoms with Crippen molar-refractivity contribution in [2.45, 2.75) is 20.8 Å². The number of hydrogen-bond acceptors (Lipinski definition) is 6. The van der Waals surface area contributed by atoms with E-state index in [1.807, 2.05) is 0 Å². The van der Waals surface area contributed by atoms with Crippen LogP contribution in [0.15, 0.2) is 0 Å². The smallest absolute Gasteiger partial charge is 0.0940 e. The lowest BCUT2D eigenvalue weighted by atomic mass is 10.5. The highest BCUT2D eigenvalue weighted by molar-refractivity contribution is 4.43. The Morgan fingerprint density at radius 3 is 1.44 bits per heavy atom. The van der Waals surface area contributed by atoms with Crippen LogP contribution in [-0.4, -0.2) is 61.2 Å². The Balaban J connectivity index is 0. The molecule has 0 unspecified atom stereocenters. The van der Waals surface area contributed by atoms with Crippen molar-refractivity contribution in [3.63, 3.8) is 0 Å². The van der Waals surface area contributed by atoms with E-state index in [1.54, 1.807) is 0 Å². The summed E-state index contributed by atoms with van der Waals surface area (Å²) in [6.45, 7) is 10.3. The Hall–Kier alpha value is -0.240. The summed E-state index contributed by atoms with van der Waals surface area (Å²) in [4.78, 5) is 11.3. The highest BCUT2D eigenvalue weighted by Gasteiger charge is 1.89. The van der Waals surface area contributed by atoms with Gasteiger partial charge in [-0.05, 0) is 19.6 Å². The van der Waals surface area contributed by atoms with Gasteiger partial charge < -0.3 is 15.1 Å². The van der Waals surface area contributed by atoms with Crippen LogP contribution < -0.4 is 5.64 Å². The number of nitrogens with one attached hydrogen (secondary N) is 1. The molecule has 0 aromatic heterocycles. The average molecular weight is 238 g/mol. The predicted molar refractivity (Wildman–Crippen MR) is 62.7 cm³/mol. The van der Waals surface area contributed by atoms with Crippen LogP contribution in [0, 0.1) is 0 Å². The Labute approximate surface area is 98.1 Å². The molecule has 0 saturated heterocycles. The maximum Gasteiger partial charge on any atom is 0.0940 e. The lowest BCUT2D eigenvalue weighted by Crippen LogP contribution is -2.21. The zero-order valence-electron chi connectivity index (χ0n) is 10.6. The van der Waals surface area contributed by atoms with Crippen molar-refractivity contribution in [2.75, 3.05) is 46.1 Å². The summed E-state index contributed by atoms with van der Waals surface area (Å²) < 4.78 is 0. The zero-order valence-corrected chi connectivity index (χ0v) is 10.6. The third kappa shape index (κ3) is 16.2. The Morgan fingerprint density at radius 2 is 1.25 bits per heavy atom. The fraction of sp³-hybridized carbons (Fsp3) is 1.00. The average Bonchev–Trinajstić information content (AvgIpc) is 2.32. The van der Waals surface area contributed by atoms with Crippen LogP contribution in [0.2, 0.25) is 0 Å². The van der Waals surface area contributed by atoms with Gasteiger partial charge in [0, 0.05) is 0 Å². The molecule has 0 aliphatic heterocycles. The molecule has 0 aliphatic rings. The molecule has 0 radical (unpaired) electrons. The summed E-state index contributed by atoms with van der Waals surface area (Å²) in [6.07, 6.45) is 0. The summed E-state index contributed by atoms with van der Waals surface area (Å²) >= 11 is 0. The standard InChI is InChI=1S/C6H15N.C4H11NO4/c1-4-7(5-2)6-3;6-1-3-8-5-9-4-2-7/h4-6H2,1-3H3;5-7H,1-4H2. The number of hydrogen-bond donors (Lipinski definition) is 3. The second kappa shape index (κ2) is 17.2. The van der Waals surface area contributed by atoms with E-state index in [2.05, 4.69) is 41.0 Å². The van der Waals surface area contributed by atoms with E-state index in [0.29, 0.717) is 0 Å². The minimum atomic E-state index is -0.0600. The molecule has 0 aromatic rings. The third-order valence-corrected chi connectivity index (χ3v) is 1.85. The first-order valence-electron chi connectivity index (χ1n) is 5.69. The van der Waals surface area contributed by atoms with Crippen molar-refractivity contribution in [3.05, 3.63) is 0 Å². The van der Waals surface area contributed by atoms with Gasteiger partial charge in [0.25, 0.3) is 0 Å². The molecule has 100 valence electrons. The molecule has 6 heteroatoms. The number of rotatable bonds is 9. The molecule has 0 heterocycles. The normalized spacial score (nSPS) is 10.1. The molecule has 3 N–H and O–H groups in total. The molecular weight excluding hydrogens is 212 g/mol. The molecule has 0 amide bonds. The van der Waals surface area contributed by atoms with Gasteiger partial charge in [-0.3, -0.25) is 9.68 Å². The van der Waals surface area contributed by atoms with E-state index in [1.165, 1.54) is 19.6 Å². The molecule has 0 spiro atoms. The summed E-state index contributed by atoms with van der Waals surface area (Å²) in [5, 5.41) is 16.3. The van der Waals surface area contributed by atoms with Gasteiger partial charge in [0.15, 0.2) is 0 Å². The first-order valence-corrected chi connectivity index (χ1v) is 5.69. The zero-order chi connectivity index (χ0) is 12.6. The van der Waals surface area contributed by atoms with Crippen molar-refractivity contribution < 1.29 is 19.9 Å². The van der Waals surface area contributed by atoms with E-state index in [-0.39, 0.29) is 26.4 Å². The molecule has 0 fully saturated rings. The van der Waals surface area contributed by atoms with Crippen LogP contribution >= 0.6 is 0 Å². The molecular formula is C10H26N2O4. The van der Waals surface area contributed by atoms with E-state index >= 15 is 0 Å². The van der Waals surface area contributed by atoms with E-state index in [0.717, 1.165) is 0 Å². The molecule has 0 aliphatic carbocycles. The van der Waals surface area contributed by atoms with Crippen LogP contribution in [0.4, 0.5) is 0 Å². The molecule has 0 atom stereocenters. The third-order valence-electron chi connectivity index (χ3n) is 1.85. The molecule has 0 aromatic carbocycles. The van der Waals surface area contributed by atoms with Gasteiger partial charge in [0.05, 0.1) is 26.4 Å². The fourth-order valence-corrected chi connectivity index (χ4v) is 0.887. The van der Waals surface area contributed by atoms with Crippen LogP contribution in [0.5, 0.6) is 0 Å². The summed E-state index contributed by atoms with van der Waals surface area (Å²) in [7, 11) is 0. The summed E-state index contributed by atoms with van der Waals surface area (Å²) in [6, 6.07) is 0. The summed E-state index contributed by atoms with van der Waals surface area (Å²) in [5.74, 6) is 0. The van der Waals surface area contributed by atoms with Crippen molar-refractivity contribution in [2.24, 2.45) is 0 Å². The second-order valence-corrected chi connectivity index (χ2v) is 2.85. The number of nitrogens with zero attached hydrogens (tertiary/aromatic N) is 1. The van der Waals surface area contributed by atoms with Gasteiger partial charge in [0.2, 0.25) is 0 Å².